The lowest BCUT2D eigenvalue weighted by Gasteiger charge is -2.22. The van der Waals surface area contributed by atoms with Gasteiger partial charge in [-0.1, -0.05) is 35.3 Å². The zero-order chi connectivity index (χ0) is 14.3. The van der Waals surface area contributed by atoms with Gasteiger partial charge in [-0.15, -0.1) is 0 Å². The molecular formula is C14H21BrN2O2. The van der Waals surface area contributed by atoms with E-state index < -0.39 is 0 Å². The number of carbonyl (C=O) groups excluding carboxylic acids is 1. The van der Waals surface area contributed by atoms with Gasteiger partial charge >= 0.3 is 6.03 Å². The maximum Gasteiger partial charge on any atom is 0.321 e. The van der Waals surface area contributed by atoms with Gasteiger partial charge in [-0.25, -0.2) is 4.79 Å². The predicted octanol–water partition coefficient (Wildman–Crippen LogP) is 3.38. The Labute approximate surface area is 122 Å². The maximum absolute atomic E-state index is 12.2. The molecule has 0 bridgehead atoms. The Morgan fingerprint density at radius 1 is 1.42 bits per heavy atom. The molecule has 0 saturated carbocycles. The first-order chi connectivity index (χ1) is 9.08. The molecule has 19 heavy (non-hydrogen) atoms. The van der Waals surface area contributed by atoms with E-state index in [2.05, 4.69) is 28.2 Å². The van der Waals surface area contributed by atoms with E-state index in [1.807, 2.05) is 25.1 Å². The number of anilines is 1. The zero-order valence-electron chi connectivity index (χ0n) is 11.4. The molecule has 0 aromatic heterocycles. The quantitative estimate of drug-likeness (QED) is 0.841. The second kappa shape index (κ2) is 8.17. The normalized spacial score (nSPS) is 10.3. The van der Waals surface area contributed by atoms with Crippen LogP contribution in [0.4, 0.5) is 10.5 Å². The minimum Gasteiger partial charge on any atom is -0.395 e. The van der Waals surface area contributed by atoms with Gasteiger partial charge in [0.15, 0.2) is 0 Å². The second-order valence-corrected chi connectivity index (χ2v) is 5.37. The number of nitrogens with zero attached hydrogens (tertiary/aromatic N) is 1. The summed E-state index contributed by atoms with van der Waals surface area (Å²) >= 11 is 3.39. The Bertz CT molecular complexity index is 424. The van der Waals surface area contributed by atoms with Crippen LogP contribution in [-0.4, -0.2) is 35.7 Å². The molecule has 0 radical (unpaired) electrons. The molecule has 5 heteroatoms. The number of aryl methyl sites for hydroxylation is 1. The van der Waals surface area contributed by atoms with Crippen LogP contribution in [0, 0.1) is 6.92 Å². The number of rotatable bonds is 6. The molecule has 0 heterocycles. The van der Waals surface area contributed by atoms with Crippen LogP contribution >= 0.6 is 15.9 Å². The highest BCUT2D eigenvalue weighted by Crippen LogP contribution is 2.21. The third-order valence-electron chi connectivity index (χ3n) is 2.88. The van der Waals surface area contributed by atoms with Crippen LogP contribution in [0.3, 0.4) is 0 Å². The molecule has 0 aliphatic carbocycles. The van der Waals surface area contributed by atoms with Crippen molar-refractivity contribution in [3.8, 4) is 0 Å². The molecular weight excluding hydrogens is 308 g/mol. The Morgan fingerprint density at radius 3 is 2.79 bits per heavy atom. The molecule has 4 nitrogen and oxygen atoms in total. The van der Waals surface area contributed by atoms with Crippen molar-refractivity contribution in [2.75, 3.05) is 25.0 Å². The first-order valence-corrected chi connectivity index (χ1v) is 7.30. The maximum atomic E-state index is 12.2. The summed E-state index contributed by atoms with van der Waals surface area (Å²) in [7, 11) is 0. The average molecular weight is 329 g/mol. The molecule has 0 fully saturated rings. The van der Waals surface area contributed by atoms with Gasteiger partial charge < -0.3 is 15.3 Å². The monoisotopic (exact) mass is 328 g/mol. The van der Waals surface area contributed by atoms with Crippen molar-refractivity contribution in [2.24, 2.45) is 0 Å². The number of carbonyl (C=O) groups is 1. The van der Waals surface area contributed by atoms with E-state index in [9.17, 15) is 4.79 Å². The van der Waals surface area contributed by atoms with Gasteiger partial charge in [0, 0.05) is 23.2 Å². The minimum atomic E-state index is -0.163. The molecule has 0 atom stereocenters. The van der Waals surface area contributed by atoms with Crippen LogP contribution in [0.25, 0.3) is 0 Å². The van der Waals surface area contributed by atoms with E-state index in [0.717, 1.165) is 28.6 Å². The highest BCUT2D eigenvalue weighted by molar-refractivity contribution is 9.10. The van der Waals surface area contributed by atoms with Crippen LogP contribution in [0.2, 0.25) is 0 Å². The molecule has 2 N–H and O–H groups in total. The molecule has 2 amide bonds. The SMILES string of the molecule is CCCCN(CCO)C(=O)Nc1cc(Br)ccc1C. The number of benzene rings is 1. The van der Waals surface area contributed by atoms with E-state index in [0.29, 0.717) is 13.1 Å². The number of aliphatic hydroxyl groups is 1. The fraction of sp³-hybridized carbons (Fsp3) is 0.500. The van der Waals surface area contributed by atoms with Gasteiger partial charge in [-0.05, 0) is 31.0 Å². The molecule has 0 unspecified atom stereocenters. The number of hydrogen-bond donors (Lipinski definition) is 2. The third-order valence-corrected chi connectivity index (χ3v) is 3.37. The molecule has 0 aliphatic heterocycles. The first kappa shape index (κ1) is 16.0. The van der Waals surface area contributed by atoms with Gasteiger partial charge in [-0.2, -0.15) is 0 Å². The van der Waals surface area contributed by atoms with Gasteiger partial charge in [-0.3, -0.25) is 0 Å². The zero-order valence-corrected chi connectivity index (χ0v) is 13.0. The van der Waals surface area contributed by atoms with Crippen LogP contribution in [-0.2, 0) is 0 Å². The number of unbranched alkanes of at least 4 members (excludes halogenated alkanes) is 1. The van der Waals surface area contributed by atoms with Crippen molar-refractivity contribution in [1.82, 2.24) is 4.90 Å². The van der Waals surface area contributed by atoms with Crippen LogP contribution in [0.15, 0.2) is 22.7 Å². The van der Waals surface area contributed by atoms with Gasteiger partial charge in [0.05, 0.1) is 6.61 Å². The largest absolute Gasteiger partial charge is 0.395 e. The summed E-state index contributed by atoms with van der Waals surface area (Å²) in [6, 6.07) is 5.60. The summed E-state index contributed by atoms with van der Waals surface area (Å²) in [5, 5.41) is 11.9. The van der Waals surface area contributed by atoms with Gasteiger partial charge in [0.25, 0.3) is 0 Å². The van der Waals surface area contributed by atoms with Gasteiger partial charge in [0.1, 0.15) is 0 Å². The summed E-state index contributed by atoms with van der Waals surface area (Å²) in [6.45, 7) is 5.03. The molecule has 0 spiro atoms. The van der Waals surface area contributed by atoms with E-state index in [1.165, 1.54) is 0 Å². The molecule has 0 saturated heterocycles. The summed E-state index contributed by atoms with van der Waals surface area (Å²) in [5.74, 6) is 0. The van der Waals surface area contributed by atoms with Crippen molar-refractivity contribution in [3.63, 3.8) is 0 Å². The smallest absolute Gasteiger partial charge is 0.321 e. The lowest BCUT2D eigenvalue weighted by Crippen LogP contribution is -2.37. The highest BCUT2D eigenvalue weighted by Gasteiger charge is 2.13. The topological polar surface area (TPSA) is 52.6 Å². The molecule has 106 valence electrons. The highest BCUT2D eigenvalue weighted by atomic mass is 79.9. The van der Waals surface area contributed by atoms with Crippen molar-refractivity contribution >= 4 is 27.6 Å². The fourth-order valence-corrected chi connectivity index (χ4v) is 2.07. The Morgan fingerprint density at radius 2 is 2.16 bits per heavy atom. The lowest BCUT2D eigenvalue weighted by atomic mass is 10.2. The number of nitrogens with one attached hydrogen (secondary N) is 1. The average Bonchev–Trinajstić information content (AvgIpc) is 2.38. The van der Waals surface area contributed by atoms with Crippen molar-refractivity contribution < 1.29 is 9.90 Å². The second-order valence-electron chi connectivity index (χ2n) is 4.45. The predicted molar refractivity (Wildman–Crippen MR) is 81.5 cm³/mol. The molecule has 0 aliphatic rings. The molecule has 1 aromatic carbocycles. The summed E-state index contributed by atoms with van der Waals surface area (Å²) < 4.78 is 0.927. The minimum absolute atomic E-state index is 0.0192. The van der Waals surface area contributed by atoms with Crippen molar-refractivity contribution in [1.29, 1.82) is 0 Å². The third kappa shape index (κ3) is 5.20. The first-order valence-electron chi connectivity index (χ1n) is 6.51. The molecule has 1 rings (SSSR count). The number of amides is 2. The fourth-order valence-electron chi connectivity index (χ4n) is 1.71. The Balaban J connectivity index is 2.71. The van der Waals surface area contributed by atoms with E-state index in [4.69, 9.17) is 5.11 Å². The number of aliphatic hydroxyl groups excluding tert-OH is 1. The molecule has 1 aromatic rings. The lowest BCUT2D eigenvalue weighted by molar-refractivity contribution is 0.187. The van der Waals surface area contributed by atoms with Crippen molar-refractivity contribution in [3.05, 3.63) is 28.2 Å². The summed E-state index contributed by atoms with van der Waals surface area (Å²) in [6.07, 6.45) is 1.95. The van der Waals surface area contributed by atoms with Crippen LogP contribution in [0.5, 0.6) is 0 Å². The number of halogens is 1. The van der Waals surface area contributed by atoms with Crippen LogP contribution in [0.1, 0.15) is 25.3 Å². The van der Waals surface area contributed by atoms with E-state index in [1.54, 1.807) is 4.90 Å². The van der Waals surface area contributed by atoms with Crippen molar-refractivity contribution in [2.45, 2.75) is 26.7 Å². The Hall–Kier alpha value is -1.07. The Kier molecular flexibility index (Phi) is 6.87. The summed E-state index contributed by atoms with van der Waals surface area (Å²) in [4.78, 5) is 13.8. The van der Waals surface area contributed by atoms with Gasteiger partial charge in [0.2, 0.25) is 0 Å². The van der Waals surface area contributed by atoms with Crippen LogP contribution < -0.4 is 5.32 Å². The standard InChI is InChI=1S/C14H21BrN2O2/c1-3-4-7-17(8-9-18)14(19)16-13-10-12(15)6-5-11(13)2/h5-6,10,18H,3-4,7-9H2,1-2H3,(H,16,19). The summed E-state index contributed by atoms with van der Waals surface area (Å²) in [5.41, 5.74) is 1.80. The van der Waals surface area contributed by atoms with E-state index in [-0.39, 0.29) is 12.6 Å². The number of hydrogen-bond acceptors (Lipinski definition) is 2. The van der Waals surface area contributed by atoms with E-state index >= 15 is 0 Å². The number of urea groups is 1.